The number of ketones is 1. The summed E-state index contributed by atoms with van der Waals surface area (Å²) in [6.07, 6.45) is 0.0868. The maximum Gasteiger partial charge on any atom is 0.270 e. The number of aryl methyl sites for hydroxylation is 2. The SMILES string of the molecule is Cc1ccc(C)c(C(=O)CCC(=O)NNC(=O)c2ccccc2Br)c1. The maximum absolute atomic E-state index is 12.3. The summed E-state index contributed by atoms with van der Waals surface area (Å²) in [7, 11) is 0. The average Bonchev–Trinajstić information content (AvgIpc) is 2.60. The number of hydrogen-bond acceptors (Lipinski definition) is 3. The minimum absolute atomic E-state index is 0.00244. The molecule has 0 atom stereocenters. The van der Waals surface area contributed by atoms with Gasteiger partial charge in [-0.2, -0.15) is 0 Å². The van der Waals surface area contributed by atoms with E-state index in [9.17, 15) is 14.4 Å². The van der Waals surface area contributed by atoms with Crippen LogP contribution >= 0.6 is 15.9 Å². The number of carbonyl (C=O) groups is 3. The largest absolute Gasteiger partial charge is 0.294 e. The van der Waals surface area contributed by atoms with E-state index in [4.69, 9.17) is 0 Å². The third kappa shape index (κ3) is 5.26. The molecule has 0 spiro atoms. The van der Waals surface area contributed by atoms with Crippen LogP contribution in [-0.4, -0.2) is 17.6 Å². The van der Waals surface area contributed by atoms with E-state index in [1.54, 1.807) is 24.3 Å². The Bertz CT molecular complexity index is 818. The highest BCUT2D eigenvalue weighted by Gasteiger charge is 2.13. The lowest BCUT2D eigenvalue weighted by Crippen LogP contribution is -2.41. The number of nitrogens with one attached hydrogen (secondary N) is 2. The molecular formula is C19H19BrN2O3. The lowest BCUT2D eigenvalue weighted by Gasteiger charge is -2.09. The van der Waals surface area contributed by atoms with Crippen LogP contribution < -0.4 is 10.9 Å². The Morgan fingerprint density at radius 3 is 2.36 bits per heavy atom. The zero-order chi connectivity index (χ0) is 18.4. The van der Waals surface area contributed by atoms with Gasteiger partial charge in [0.05, 0.1) is 5.56 Å². The summed E-state index contributed by atoms with van der Waals surface area (Å²) in [5, 5.41) is 0. The summed E-state index contributed by atoms with van der Waals surface area (Å²) in [5.41, 5.74) is 7.60. The van der Waals surface area contributed by atoms with Crippen molar-refractivity contribution in [3.05, 3.63) is 69.2 Å². The topological polar surface area (TPSA) is 75.3 Å². The summed E-state index contributed by atoms with van der Waals surface area (Å²) in [4.78, 5) is 36.1. The fourth-order valence-corrected chi connectivity index (χ4v) is 2.76. The number of halogens is 1. The van der Waals surface area contributed by atoms with Gasteiger partial charge in [0.15, 0.2) is 5.78 Å². The van der Waals surface area contributed by atoms with E-state index in [0.29, 0.717) is 15.6 Å². The van der Waals surface area contributed by atoms with E-state index in [2.05, 4.69) is 26.8 Å². The molecule has 25 heavy (non-hydrogen) atoms. The molecule has 0 unspecified atom stereocenters. The molecule has 0 aliphatic heterocycles. The highest BCUT2D eigenvalue weighted by atomic mass is 79.9. The quantitative estimate of drug-likeness (QED) is 0.593. The summed E-state index contributed by atoms with van der Waals surface area (Å²) in [5.74, 6) is -0.936. The fraction of sp³-hybridized carbons (Fsp3) is 0.211. The summed E-state index contributed by atoms with van der Waals surface area (Å²) in [6.45, 7) is 3.78. The number of rotatable bonds is 5. The molecule has 6 heteroatoms. The summed E-state index contributed by atoms with van der Waals surface area (Å²) < 4.78 is 0.631. The molecule has 130 valence electrons. The van der Waals surface area contributed by atoms with Crippen molar-refractivity contribution in [2.45, 2.75) is 26.7 Å². The Hall–Kier alpha value is -2.47. The highest BCUT2D eigenvalue weighted by Crippen LogP contribution is 2.15. The Morgan fingerprint density at radius 1 is 0.920 bits per heavy atom. The Labute approximate surface area is 154 Å². The fourth-order valence-electron chi connectivity index (χ4n) is 2.30. The van der Waals surface area contributed by atoms with Crippen LogP contribution in [0, 0.1) is 13.8 Å². The standard InChI is InChI=1S/C19H19BrN2O3/c1-12-7-8-13(2)15(11-12)17(23)9-10-18(24)21-22-19(25)14-5-3-4-6-16(14)20/h3-8,11H,9-10H2,1-2H3,(H,21,24)(H,22,25). The van der Waals surface area contributed by atoms with Crippen molar-refractivity contribution in [1.29, 1.82) is 0 Å². The lowest BCUT2D eigenvalue weighted by molar-refractivity contribution is -0.121. The molecule has 0 aliphatic rings. The predicted molar refractivity (Wildman–Crippen MR) is 99.2 cm³/mol. The van der Waals surface area contributed by atoms with E-state index in [0.717, 1.165) is 11.1 Å². The van der Waals surface area contributed by atoms with Crippen LogP contribution in [0.2, 0.25) is 0 Å². The molecule has 2 N–H and O–H groups in total. The Kier molecular flexibility index (Phi) is 6.47. The minimum atomic E-state index is -0.429. The molecule has 2 amide bonds. The van der Waals surface area contributed by atoms with Crippen molar-refractivity contribution in [3.63, 3.8) is 0 Å². The molecule has 5 nitrogen and oxygen atoms in total. The van der Waals surface area contributed by atoms with E-state index in [1.807, 2.05) is 32.0 Å². The molecule has 0 fully saturated rings. The van der Waals surface area contributed by atoms with Crippen molar-refractivity contribution < 1.29 is 14.4 Å². The van der Waals surface area contributed by atoms with Crippen LogP contribution in [0.25, 0.3) is 0 Å². The number of hydrazine groups is 1. The molecule has 2 aromatic carbocycles. The third-order valence-corrected chi connectivity index (χ3v) is 4.40. The van der Waals surface area contributed by atoms with Crippen LogP contribution in [0.4, 0.5) is 0 Å². The molecule has 0 aliphatic carbocycles. The second kappa shape index (κ2) is 8.58. The van der Waals surface area contributed by atoms with E-state index < -0.39 is 11.8 Å². The third-order valence-electron chi connectivity index (χ3n) is 3.71. The normalized spacial score (nSPS) is 10.2. The summed E-state index contributed by atoms with van der Waals surface area (Å²) >= 11 is 3.27. The number of Topliss-reactive ketones (excluding diaryl/α,β-unsaturated/α-hetero) is 1. The van der Waals surface area contributed by atoms with Crippen LogP contribution in [0.5, 0.6) is 0 Å². The van der Waals surface area contributed by atoms with Gasteiger partial charge in [0.25, 0.3) is 5.91 Å². The van der Waals surface area contributed by atoms with Crippen molar-refractivity contribution in [1.82, 2.24) is 10.9 Å². The molecule has 2 rings (SSSR count). The zero-order valence-corrected chi connectivity index (χ0v) is 15.6. The van der Waals surface area contributed by atoms with Crippen LogP contribution in [0.3, 0.4) is 0 Å². The van der Waals surface area contributed by atoms with Gasteiger partial charge in [0.2, 0.25) is 5.91 Å². The Morgan fingerprint density at radius 2 is 1.64 bits per heavy atom. The number of benzene rings is 2. The molecule has 0 bridgehead atoms. The molecule has 0 saturated carbocycles. The van der Waals surface area contributed by atoms with Gasteiger partial charge in [-0.05, 0) is 53.5 Å². The minimum Gasteiger partial charge on any atom is -0.294 e. The van der Waals surface area contributed by atoms with Gasteiger partial charge in [-0.3, -0.25) is 25.2 Å². The molecule has 0 radical (unpaired) electrons. The molecule has 2 aromatic rings. The first kappa shape index (κ1) is 18.9. The van der Waals surface area contributed by atoms with E-state index >= 15 is 0 Å². The van der Waals surface area contributed by atoms with Crippen molar-refractivity contribution >= 4 is 33.5 Å². The second-order valence-corrected chi connectivity index (χ2v) is 6.58. The van der Waals surface area contributed by atoms with E-state index in [1.165, 1.54) is 0 Å². The highest BCUT2D eigenvalue weighted by molar-refractivity contribution is 9.10. The van der Waals surface area contributed by atoms with Crippen LogP contribution in [-0.2, 0) is 4.79 Å². The monoisotopic (exact) mass is 402 g/mol. The predicted octanol–water partition coefficient (Wildman–Crippen LogP) is 3.49. The number of amides is 2. The first-order chi connectivity index (χ1) is 11.9. The van der Waals surface area contributed by atoms with Gasteiger partial charge >= 0.3 is 0 Å². The lowest BCUT2D eigenvalue weighted by atomic mass is 9.99. The van der Waals surface area contributed by atoms with Gasteiger partial charge < -0.3 is 0 Å². The van der Waals surface area contributed by atoms with Gasteiger partial charge in [-0.15, -0.1) is 0 Å². The van der Waals surface area contributed by atoms with Gasteiger partial charge in [0.1, 0.15) is 0 Å². The van der Waals surface area contributed by atoms with Crippen molar-refractivity contribution in [3.8, 4) is 0 Å². The first-order valence-electron chi connectivity index (χ1n) is 7.82. The zero-order valence-electron chi connectivity index (χ0n) is 14.1. The smallest absolute Gasteiger partial charge is 0.270 e. The van der Waals surface area contributed by atoms with Crippen LogP contribution in [0.1, 0.15) is 44.7 Å². The summed E-state index contributed by atoms with van der Waals surface area (Å²) in [6, 6.07) is 12.5. The molecule has 0 saturated heterocycles. The first-order valence-corrected chi connectivity index (χ1v) is 8.62. The molecule has 0 aromatic heterocycles. The van der Waals surface area contributed by atoms with E-state index in [-0.39, 0.29) is 18.6 Å². The second-order valence-electron chi connectivity index (χ2n) is 5.72. The number of hydrogen-bond donors (Lipinski definition) is 2. The molecule has 0 heterocycles. The van der Waals surface area contributed by atoms with Gasteiger partial charge in [-0.25, -0.2) is 0 Å². The Balaban J connectivity index is 1.85. The van der Waals surface area contributed by atoms with Crippen LogP contribution in [0.15, 0.2) is 46.9 Å². The average molecular weight is 403 g/mol. The van der Waals surface area contributed by atoms with Crippen molar-refractivity contribution in [2.24, 2.45) is 0 Å². The van der Waals surface area contributed by atoms with Crippen molar-refractivity contribution in [2.75, 3.05) is 0 Å². The van der Waals surface area contributed by atoms with Gasteiger partial charge in [-0.1, -0.05) is 29.8 Å². The maximum atomic E-state index is 12.3. The number of carbonyl (C=O) groups excluding carboxylic acids is 3. The molecular weight excluding hydrogens is 384 g/mol. The van der Waals surface area contributed by atoms with Gasteiger partial charge in [0, 0.05) is 22.9 Å².